The Morgan fingerprint density at radius 3 is 2.17 bits per heavy atom. The van der Waals surface area contributed by atoms with Crippen LogP contribution in [0.2, 0.25) is 0 Å². The lowest BCUT2D eigenvalue weighted by molar-refractivity contribution is -0.139. The van der Waals surface area contributed by atoms with Gasteiger partial charge in [-0.3, -0.25) is 14.5 Å². The molecular weight excluding hydrogens is 322 g/mol. The van der Waals surface area contributed by atoms with Crippen LogP contribution in [0.25, 0.3) is 5.57 Å². The summed E-state index contributed by atoms with van der Waals surface area (Å²) >= 11 is 6.30. The summed E-state index contributed by atoms with van der Waals surface area (Å²) in [4.78, 5) is 27.1. The van der Waals surface area contributed by atoms with E-state index in [0.29, 0.717) is 5.57 Å². The average Bonchev–Trinajstić information content (AvgIpc) is 2.73. The minimum absolute atomic E-state index is 0.0110. The monoisotopic (exact) mass is 345 g/mol. The van der Waals surface area contributed by atoms with Gasteiger partial charge in [-0.05, 0) is 43.4 Å². The highest BCUT2D eigenvalue weighted by molar-refractivity contribution is 6.55. The van der Waals surface area contributed by atoms with Crippen LogP contribution in [0.1, 0.15) is 61.6 Å². The molecule has 3 rings (SSSR count). The van der Waals surface area contributed by atoms with E-state index in [1.807, 2.05) is 32.0 Å². The molecule has 0 bridgehead atoms. The first-order valence-corrected chi connectivity index (χ1v) is 9.24. The van der Waals surface area contributed by atoms with Crippen molar-refractivity contribution in [2.75, 3.05) is 0 Å². The number of rotatable bonds is 2. The van der Waals surface area contributed by atoms with Gasteiger partial charge in [0, 0.05) is 6.04 Å². The largest absolute Gasteiger partial charge is 0.273 e. The summed E-state index contributed by atoms with van der Waals surface area (Å²) in [5.41, 5.74) is 3.36. The van der Waals surface area contributed by atoms with Crippen molar-refractivity contribution in [1.82, 2.24) is 4.90 Å². The molecule has 1 saturated carbocycles. The van der Waals surface area contributed by atoms with Crippen LogP contribution in [0.5, 0.6) is 0 Å². The number of benzene rings is 1. The molecule has 0 N–H and O–H groups in total. The number of amides is 2. The van der Waals surface area contributed by atoms with Crippen molar-refractivity contribution < 1.29 is 9.59 Å². The van der Waals surface area contributed by atoms with E-state index in [4.69, 9.17) is 11.6 Å². The highest BCUT2D eigenvalue weighted by Crippen LogP contribution is 2.36. The molecule has 2 amide bonds. The molecule has 1 aliphatic carbocycles. The van der Waals surface area contributed by atoms with E-state index in [1.54, 1.807) is 0 Å². The highest BCUT2D eigenvalue weighted by atomic mass is 35.5. The first-order valence-electron chi connectivity index (χ1n) is 8.86. The molecule has 1 heterocycles. The molecule has 0 aromatic heterocycles. The summed E-state index contributed by atoms with van der Waals surface area (Å²) in [5, 5.41) is 0.0744. The summed E-state index contributed by atoms with van der Waals surface area (Å²) in [5.74, 6) is -0.542. The summed E-state index contributed by atoms with van der Waals surface area (Å²) in [6.07, 6.45) is 7.53. The molecule has 1 aromatic rings. The van der Waals surface area contributed by atoms with E-state index in [9.17, 15) is 9.59 Å². The zero-order valence-corrected chi connectivity index (χ0v) is 15.2. The standard InChI is InChI=1S/C20H24ClNO2/c1-13-10-11-15(12-14(13)2)17-18(21)20(24)22(19(17)23)16-8-6-4-3-5-7-9-16/h10-12,16H,3-9H2,1-2H3. The average molecular weight is 346 g/mol. The van der Waals surface area contributed by atoms with Crippen LogP contribution in [0.15, 0.2) is 23.2 Å². The SMILES string of the molecule is Cc1ccc(C2=C(Cl)C(=O)N(C3CCCCCCC3)C2=O)cc1C. The van der Waals surface area contributed by atoms with E-state index < -0.39 is 0 Å². The first kappa shape index (κ1) is 17.2. The number of aryl methyl sites for hydroxylation is 2. The zero-order valence-electron chi connectivity index (χ0n) is 14.4. The fraction of sp³-hybridized carbons (Fsp3) is 0.500. The van der Waals surface area contributed by atoms with Crippen molar-refractivity contribution in [3.05, 3.63) is 39.9 Å². The first-order chi connectivity index (χ1) is 11.5. The third-order valence-corrected chi connectivity index (χ3v) is 5.64. The van der Waals surface area contributed by atoms with Gasteiger partial charge in [0.15, 0.2) is 0 Å². The third-order valence-electron chi connectivity index (χ3n) is 5.29. The highest BCUT2D eigenvalue weighted by Gasteiger charge is 2.41. The second-order valence-corrected chi connectivity index (χ2v) is 7.35. The second-order valence-electron chi connectivity index (χ2n) is 6.97. The normalized spacial score (nSPS) is 20.5. The van der Waals surface area contributed by atoms with Gasteiger partial charge in [0.25, 0.3) is 11.8 Å². The number of imide groups is 1. The van der Waals surface area contributed by atoms with E-state index in [1.165, 1.54) is 24.2 Å². The number of hydrogen-bond acceptors (Lipinski definition) is 2. The lowest BCUT2D eigenvalue weighted by atomic mass is 9.95. The molecular formula is C20H24ClNO2. The maximum atomic E-state index is 13.0. The second kappa shape index (κ2) is 7.10. The molecule has 3 nitrogen and oxygen atoms in total. The molecule has 24 heavy (non-hydrogen) atoms. The Morgan fingerprint density at radius 2 is 1.54 bits per heavy atom. The number of carbonyl (C=O) groups is 2. The minimum Gasteiger partial charge on any atom is -0.270 e. The number of carbonyl (C=O) groups excluding carboxylic acids is 2. The minimum atomic E-state index is -0.319. The fourth-order valence-corrected chi connectivity index (χ4v) is 3.97. The van der Waals surface area contributed by atoms with Crippen LogP contribution < -0.4 is 0 Å². The number of hydrogen-bond donors (Lipinski definition) is 0. The van der Waals surface area contributed by atoms with Gasteiger partial charge in [0.2, 0.25) is 0 Å². The molecule has 0 saturated heterocycles. The van der Waals surface area contributed by atoms with Crippen molar-refractivity contribution in [3.8, 4) is 0 Å². The van der Waals surface area contributed by atoms with Gasteiger partial charge < -0.3 is 0 Å². The van der Waals surface area contributed by atoms with E-state index >= 15 is 0 Å². The Labute approximate surface area is 148 Å². The van der Waals surface area contributed by atoms with Crippen molar-refractivity contribution in [3.63, 3.8) is 0 Å². The van der Waals surface area contributed by atoms with Gasteiger partial charge in [0.1, 0.15) is 5.03 Å². The van der Waals surface area contributed by atoms with E-state index in [-0.39, 0.29) is 22.9 Å². The van der Waals surface area contributed by atoms with Crippen molar-refractivity contribution in [1.29, 1.82) is 0 Å². The van der Waals surface area contributed by atoms with Crippen molar-refractivity contribution in [2.24, 2.45) is 0 Å². The molecule has 4 heteroatoms. The van der Waals surface area contributed by atoms with Crippen molar-refractivity contribution in [2.45, 2.75) is 64.8 Å². The van der Waals surface area contributed by atoms with Gasteiger partial charge in [-0.2, -0.15) is 0 Å². The topological polar surface area (TPSA) is 37.4 Å². The van der Waals surface area contributed by atoms with Crippen LogP contribution in [0.3, 0.4) is 0 Å². The van der Waals surface area contributed by atoms with E-state index in [2.05, 4.69) is 0 Å². The zero-order chi connectivity index (χ0) is 17.3. The maximum absolute atomic E-state index is 13.0. The molecule has 0 unspecified atom stereocenters. The fourth-order valence-electron chi connectivity index (χ4n) is 3.69. The molecule has 1 aromatic carbocycles. The van der Waals surface area contributed by atoms with Crippen molar-refractivity contribution >= 4 is 29.0 Å². The Hall–Kier alpha value is -1.61. The Morgan fingerprint density at radius 1 is 0.917 bits per heavy atom. The molecule has 1 fully saturated rings. The lowest BCUT2D eigenvalue weighted by Gasteiger charge is -2.28. The predicted octanol–water partition coefficient (Wildman–Crippen LogP) is 4.74. The molecule has 2 aliphatic rings. The van der Waals surface area contributed by atoms with Crippen LogP contribution in [-0.2, 0) is 9.59 Å². The van der Waals surface area contributed by atoms with Gasteiger partial charge in [-0.15, -0.1) is 0 Å². The Balaban J connectivity index is 1.90. The van der Waals surface area contributed by atoms with Gasteiger partial charge in [-0.1, -0.05) is 61.9 Å². The van der Waals surface area contributed by atoms with Crippen LogP contribution in [-0.4, -0.2) is 22.8 Å². The summed E-state index contributed by atoms with van der Waals surface area (Å²) in [6.45, 7) is 4.03. The quantitative estimate of drug-likeness (QED) is 0.726. The van der Waals surface area contributed by atoms with Gasteiger partial charge >= 0.3 is 0 Å². The molecule has 0 atom stereocenters. The predicted molar refractivity (Wildman–Crippen MR) is 96.6 cm³/mol. The Kier molecular flexibility index (Phi) is 5.09. The summed E-state index contributed by atoms with van der Waals surface area (Å²) in [7, 11) is 0. The molecule has 0 radical (unpaired) electrons. The third kappa shape index (κ3) is 3.14. The molecule has 1 aliphatic heterocycles. The van der Waals surface area contributed by atoms with E-state index in [0.717, 1.165) is 42.4 Å². The summed E-state index contributed by atoms with van der Waals surface area (Å²) < 4.78 is 0. The van der Waals surface area contributed by atoms with Crippen LogP contribution in [0.4, 0.5) is 0 Å². The number of halogens is 1. The summed E-state index contributed by atoms with van der Waals surface area (Å²) in [6, 6.07) is 5.79. The molecule has 0 spiro atoms. The Bertz CT molecular complexity index is 700. The molecule has 128 valence electrons. The lowest BCUT2D eigenvalue weighted by Crippen LogP contribution is -2.41. The van der Waals surface area contributed by atoms with Crippen LogP contribution in [0, 0.1) is 13.8 Å². The van der Waals surface area contributed by atoms with Gasteiger partial charge in [0.05, 0.1) is 5.57 Å². The number of nitrogens with zero attached hydrogens (tertiary/aromatic N) is 1. The van der Waals surface area contributed by atoms with Crippen LogP contribution >= 0.6 is 11.6 Å². The maximum Gasteiger partial charge on any atom is 0.273 e. The smallest absolute Gasteiger partial charge is 0.270 e. The van der Waals surface area contributed by atoms with Gasteiger partial charge in [-0.25, -0.2) is 0 Å².